The van der Waals surface area contributed by atoms with Crippen LogP contribution < -0.4 is 15.8 Å². The summed E-state index contributed by atoms with van der Waals surface area (Å²) in [4.78, 5) is 30.0. The van der Waals surface area contributed by atoms with Crippen molar-refractivity contribution >= 4 is 21.3 Å². The van der Waals surface area contributed by atoms with E-state index in [0.29, 0.717) is 5.56 Å². The number of hydrogen-bond acceptors (Lipinski definition) is 6. The number of anilines is 1. The lowest BCUT2D eigenvalue weighted by Crippen LogP contribution is -2.31. The van der Waals surface area contributed by atoms with Gasteiger partial charge < -0.3 is 15.2 Å². The summed E-state index contributed by atoms with van der Waals surface area (Å²) in [5.74, 6) is -0.506. The minimum atomic E-state index is -3.29. The molecule has 1 aliphatic heterocycles. The van der Waals surface area contributed by atoms with Crippen molar-refractivity contribution < 1.29 is 9.00 Å². The van der Waals surface area contributed by atoms with Crippen LogP contribution in [0.25, 0.3) is 0 Å². The zero-order chi connectivity index (χ0) is 24.1. The number of benzene rings is 1. The number of H-pyrrole nitrogens is 1. The highest BCUT2D eigenvalue weighted by molar-refractivity contribution is 7.95. The van der Waals surface area contributed by atoms with Crippen molar-refractivity contribution in [2.75, 3.05) is 24.5 Å². The van der Waals surface area contributed by atoms with Crippen molar-refractivity contribution in [2.45, 2.75) is 49.8 Å². The number of nitrogens with one attached hydrogen (secondary N) is 3. The van der Waals surface area contributed by atoms with Crippen molar-refractivity contribution in [3.8, 4) is 6.07 Å². The minimum Gasteiger partial charge on any atom is -0.370 e. The number of hydrogen-bond donors (Lipinski definition) is 3. The highest BCUT2D eigenvalue weighted by atomic mass is 32.2. The van der Waals surface area contributed by atoms with Gasteiger partial charge in [-0.05, 0) is 74.8 Å². The molecule has 0 bridgehead atoms. The molecule has 3 N–H and O–H groups in total. The second-order valence-corrected chi connectivity index (χ2v) is 10.7. The summed E-state index contributed by atoms with van der Waals surface area (Å²) in [5, 5.41) is 13.5. The van der Waals surface area contributed by atoms with E-state index in [1.54, 1.807) is 18.2 Å². The van der Waals surface area contributed by atoms with E-state index in [0.717, 1.165) is 68.6 Å². The van der Waals surface area contributed by atoms with Crippen LogP contribution in [0.2, 0.25) is 0 Å². The van der Waals surface area contributed by atoms with Crippen molar-refractivity contribution in [3.63, 3.8) is 0 Å². The van der Waals surface area contributed by atoms with E-state index in [1.807, 2.05) is 0 Å². The lowest BCUT2D eigenvalue weighted by Gasteiger charge is -2.29. The summed E-state index contributed by atoms with van der Waals surface area (Å²) in [6.45, 7) is 1.80. The number of aryl methyl sites for hydroxylation is 2. The van der Waals surface area contributed by atoms with Gasteiger partial charge in [0.1, 0.15) is 11.6 Å². The lowest BCUT2D eigenvalue weighted by atomic mass is 9.95. The maximum absolute atomic E-state index is 13.0. The Morgan fingerprint density at radius 3 is 2.71 bits per heavy atom. The molecule has 1 unspecified atom stereocenters. The highest BCUT2D eigenvalue weighted by Crippen LogP contribution is 2.27. The quantitative estimate of drug-likeness (QED) is 0.584. The maximum atomic E-state index is 13.0. The van der Waals surface area contributed by atoms with E-state index < -0.39 is 21.2 Å². The first-order valence-corrected chi connectivity index (χ1v) is 13.3. The molecule has 8 nitrogen and oxygen atoms in total. The fourth-order valence-corrected chi connectivity index (χ4v) is 5.64. The summed E-state index contributed by atoms with van der Waals surface area (Å²) in [6, 6.07) is 8.75. The minimum absolute atomic E-state index is 0.0300. The van der Waals surface area contributed by atoms with E-state index >= 15 is 0 Å². The number of aromatic amines is 1. The Labute approximate surface area is 199 Å². The van der Waals surface area contributed by atoms with Gasteiger partial charge in [0, 0.05) is 30.7 Å². The van der Waals surface area contributed by atoms with Gasteiger partial charge >= 0.3 is 0 Å². The van der Waals surface area contributed by atoms with Gasteiger partial charge in [-0.2, -0.15) is 5.26 Å². The van der Waals surface area contributed by atoms with E-state index in [9.17, 15) is 19.1 Å². The van der Waals surface area contributed by atoms with Gasteiger partial charge in [0.2, 0.25) is 0 Å². The molecule has 1 atom stereocenters. The van der Waals surface area contributed by atoms with Crippen molar-refractivity contribution in [3.05, 3.63) is 68.5 Å². The van der Waals surface area contributed by atoms with Crippen LogP contribution in [0.15, 0.2) is 45.4 Å². The molecule has 9 heteroatoms. The monoisotopic (exact) mass is 479 g/mol. The third kappa shape index (κ3) is 5.23. The van der Waals surface area contributed by atoms with Crippen LogP contribution in [0.5, 0.6) is 0 Å². The van der Waals surface area contributed by atoms with Crippen LogP contribution in [-0.4, -0.2) is 34.7 Å². The number of piperidine rings is 1. The molecule has 34 heavy (non-hydrogen) atoms. The largest absolute Gasteiger partial charge is 0.370 e. The zero-order valence-electron chi connectivity index (χ0n) is 19.1. The number of rotatable bonds is 6. The summed E-state index contributed by atoms with van der Waals surface area (Å²) in [5.41, 5.74) is 2.78. The first-order chi connectivity index (χ1) is 16.4. The van der Waals surface area contributed by atoms with Gasteiger partial charge in [-0.25, -0.2) is 8.99 Å². The topological polar surface area (TPSA) is 130 Å². The molecule has 1 amide bonds. The average Bonchev–Trinajstić information content (AvgIpc) is 2.86. The number of carbonyl (C=O) groups excluding carboxylic acids is 1. The molecule has 1 aromatic heterocycles. The van der Waals surface area contributed by atoms with Crippen LogP contribution in [-0.2, 0) is 22.6 Å². The van der Waals surface area contributed by atoms with Crippen LogP contribution >= 0.6 is 0 Å². The molecule has 1 saturated heterocycles. The predicted molar refractivity (Wildman–Crippen MR) is 132 cm³/mol. The van der Waals surface area contributed by atoms with Gasteiger partial charge in [0.25, 0.3) is 11.5 Å². The molecule has 0 radical (unpaired) electrons. The summed E-state index contributed by atoms with van der Waals surface area (Å²) >= 11 is 0. The zero-order valence-corrected chi connectivity index (χ0v) is 19.9. The molecule has 2 aliphatic rings. The second kappa shape index (κ2) is 10.3. The summed E-state index contributed by atoms with van der Waals surface area (Å²) < 4.78 is 21.3. The second-order valence-electron chi connectivity index (χ2n) is 8.74. The molecule has 2 heterocycles. The summed E-state index contributed by atoms with van der Waals surface area (Å²) in [6.07, 6.45) is 8.51. The molecule has 0 spiro atoms. The predicted octanol–water partition coefficient (Wildman–Crippen LogP) is 3.47. The first kappa shape index (κ1) is 23.8. The number of nitriles is 1. The number of nitrogens with zero attached hydrogens (tertiary/aromatic N) is 2. The van der Waals surface area contributed by atoms with Gasteiger partial charge in [-0.3, -0.25) is 9.59 Å². The van der Waals surface area contributed by atoms with Gasteiger partial charge in [-0.1, -0.05) is 6.08 Å². The molecule has 1 aliphatic carbocycles. The molecule has 0 saturated carbocycles. The molecule has 4 rings (SSSR count). The van der Waals surface area contributed by atoms with E-state index in [4.69, 9.17) is 4.78 Å². The average molecular weight is 480 g/mol. The molecule has 2 aromatic rings. The summed E-state index contributed by atoms with van der Waals surface area (Å²) in [7, 11) is -3.29. The van der Waals surface area contributed by atoms with Crippen LogP contribution in [0, 0.1) is 16.1 Å². The van der Waals surface area contributed by atoms with Gasteiger partial charge in [-0.15, -0.1) is 0 Å². The number of amides is 1. The van der Waals surface area contributed by atoms with E-state index in [-0.39, 0.29) is 17.0 Å². The third-order valence-electron chi connectivity index (χ3n) is 6.39. The molecular weight excluding hydrogens is 450 g/mol. The molecule has 1 fully saturated rings. The molecular formula is C25H29N5O3S. The Hall–Kier alpha value is -3.38. The Balaban J connectivity index is 1.42. The van der Waals surface area contributed by atoms with E-state index in [2.05, 4.69) is 21.3 Å². The van der Waals surface area contributed by atoms with Crippen molar-refractivity contribution in [1.82, 2.24) is 10.3 Å². The Kier molecular flexibility index (Phi) is 7.17. The number of carbonyl (C=O) groups is 1. The SMILES string of the molecule is N#Cc1cc(S(=N)(=O)/C=C/CNC(=O)c2cc3c([nH]c2=O)CCCC3)ccc1N1CCCCC1. The fourth-order valence-electron chi connectivity index (χ4n) is 4.56. The Morgan fingerprint density at radius 1 is 1.18 bits per heavy atom. The molecule has 1 aromatic carbocycles. The van der Waals surface area contributed by atoms with Crippen LogP contribution in [0.3, 0.4) is 0 Å². The maximum Gasteiger partial charge on any atom is 0.261 e. The standard InChI is InChI=1S/C25H29N5O3S/c26-17-19-15-20(9-10-23(19)30-12-4-1-5-13-30)34(27,33)14-6-11-28-24(31)21-16-18-7-2-3-8-22(18)29-25(21)32/h6,9-10,14-16,27H,1-5,7-8,11-13H2,(H,28,31)(H,29,32)/b14-6+. The van der Waals surface area contributed by atoms with Crippen molar-refractivity contribution in [1.29, 1.82) is 10.0 Å². The number of aromatic nitrogens is 1. The lowest BCUT2D eigenvalue weighted by molar-refractivity contribution is 0.0956. The first-order valence-electron chi connectivity index (χ1n) is 11.7. The van der Waals surface area contributed by atoms with Gasteiger partial charge in [0.15, 0.2) is 0 Å². The number of fused-ring (bicyclic) bond motifs is 1. The number of pyridine rings is 1. The highest BCUT2D eigenvalue weighted by Gasteiger charge is 2.18. The Bertz CT molecular complexity index is 1320. The molecule has 178 valence electrons. The third-order valence-corrected chi connectivity index (χ3v) is 7.92. The van der Waals surface area contributed by atoms with Crippen LogP contribution in [0.1, 0.15) is 59.3 Å². The smallest absolute Gasteiger partial charge is 0.261 e. The fraction of sp³-hybridized carbons (Fsp3) is 0.400. The van der Waals surface area contributed by atoms with Crippen LogP contribution in [0.4, 0.5) is 5.69 Å². The van der Waals surface area contributed by atoms with E-state index in [1.165, 1.54) is 24.0 Å². The van der Waals surface area contributed by atoms with Gasteiger partial charge in [0.05, 0.1) is 25.9 Å². The Morgan fingerprint density at radius 2 is 1.94 bits per heavy atom. The normalized spacial score (nSPS) is 17.6. The van der Waals surface area contributed by atoms with Crippen molar-refractivity contribution in [2.24, 2.45) is 0 Å².